The van der Waals surface area contributed by atoms with Crippen LogP contribution in [0.15, 0.2) is 53.6 Å². The summed E-state index contributed by atoms with van der Waals surface area (Å²) in [5.41, 5.74) is -3.39. The van der Waals surface area contributed by atoms with Crippen LogP contribution in [0.2, 0.25) is 0 Å². The molecule has 0 fully saturated rings. The second-order valence-corrected chi connectivity index (χ2v) is 7.50. The van der Waals surface area contributed by atoms with Crippen LogP contribution in [0.4, 0.5) is 17.6 Å². The van der Waals surface area contributed by atoms with E-state index in [1.54, 1.807) is 36.4 Å². The lowest BCUT2D eigenvalue weighted by atomic mass is 10.0. The normalized spacial score (nSPS) is 18.0. The van der Waals surface area contributed by atoms with Crippen LogP contribution < -0.4 is 9.47 Å². The van der Waals surface area contributed by atoms with E-state index in [1.807, 2.05) is 0 Å². The summed E-state index contributed by atoms with van der Waals surface area (Å²) < 4.78 is 64.5. The summed E-state index contributed by atoms with van der Waals surface area (Å²) in [6, 6.07) is 12.6. The first kappa shape index (κ1) is 23.4. The Labute approximate surface area is 191 Å². The predicted octanol–water partition coefficient (Wildman–Crippen LogP) is 4.34. The van der Waals surface area contributed by atoms with Crippen molar-refractivity contribution in [2.45, 2.75) is 25.0 Å². The molecular formula is C23H19F4N3O4. The van der Waals surface area contributed by atoms with E-state index in [9.17, 15) is 27.5 Å². The summed E-state index contributed by atoms with van der Waals surface area (Å²) in [7, 11) is 2.90. The van der Waals surface area contributed by atoms with Gasteiger partial charge in [0, 0.05) is 17.4 Å². The molecule has 0 bridgehead atoms. The number of pyridine rings is 1. The average Bonchev–Trinajstić information content (AvgIpc) is 3.21. The number of alkyl halides is 4. The molecule has 0 radical (unpaired) electrons. The molecule has 2 aromatic carbocycles. The van der Waals surface area contributed by atoms with Crippen LogP contribution >= 0.6 is 0 Å². The molecule has 1 atom stereocenters. The van der Waals surface area contributed by atoms with Gasteiger partial charge in [-0.25, -0.2) is 22.5 Å². The Morgan fingerprint density at radius 3 is 2.47 bits per heavy atom. The maximum atomic E-state index is 13.7. The Kier molecular flexibility index (Phi) is 6.13. The molecule has 34 heavy (non-hydrogen) atoms. The number of aromatic nitrogens is 1. The van der Waals surface area contributed by atoms with Crippen molar-refractivity contribution in [2.24, 2.45) is 5.10 Å². The van der Waals surface area contributed by atoms with Crippen LogP contribution in [0, 0.1) is 0 Å². The SMILES string of the molecule is COc1ccc(OC)c(-c2cc(C(=O)N3N=C(C(F)F)C[C@]3(O)C(F)F)c3ccccc3n2)c1. The second kappa shape index (κ2) is 8.90. The van der Waals surface area contributed by atoms with Gasteiger partial charge in [-0.1, -0.05) is 18.2 Å². The van der Waals surface area contributed by atoms with E-state index < -0.39 is 36.6 Å². The summed E-state index contributed by atoms with van der Waals surface area (Å²) in [6.07, 6.45) is -7.93. The fourth-order valence-electron chi connectivity index (χ4n) is 3.72. The maximum absolute atomic E-state index is 13.7. The first-order valence-electron chi connectivity index (χ1n) is 10.0. The van der Waals surface area contributed by atoms with Crippen LogP contribution in [-0.4, -0.2) is 59.5 Å². The van der Waals surface area contributed by atoms with Gasteiger partial charge >= 0.3 is 0 Å². The van der Waals surface area contributed by atoms with Gasteiger partial charge in [0.05, 0.1) is 31.0 Å². The zero-order valence-electron chi connectivity index (χ0n) is 18.0. The van der Waals surface area contributed by atoms with Crippen molar-refractivity contribution >= 4 is 22.5 Å². The average molecular weight is 477 g/mol. The first-order valence-corrected chi connectivity index (χ1v) is 10.0. The highest BCUT2D eigenvalue weighted by Crippen LogP contribution is 2.38. The van der Waals surface area contributed by atoms with Crippen LogP contribution in [0.25, 0.3) is 22.2 Å². The number of rotatable bonds is 6. The minimum atomic E-state index is -3.54. The number of hydrogen-bond acceptors (Lipinski definition) is 6. The number of hydrazone groups is 1. The fourth-order valence-corrected chi connectivity index (χ4v) is 3.72. The molecule has 178 valence electrons. The number of carbonyl (C=O) groups is 1. The molecule has 4 rings (SSSR count). The van der Waals surface area contributed by atoms with Crippen molar-refractivity contribution in [3.05, 3.63) is 54.1 Å². The molecule has 0 spiro atoms. The smallest absolute Gasteiger partial charge is 0.287 e. The fraction of sp³-hybridized carbons (Fsp3) is 0.261. The third-order valence-corrected chi connectivity index (χ3v) is 5.46. The van der Waals surface area contributed by atoms with E-state index in [0.717, 1.165) is 0 Å². The summed E-state index contributed by atoms with van der Waals surface area (Å²) in [5, 5.41) is 14.1. The van der Waals surface area contributed by atoms with E-state index in [0.29, 0.717) is 22.6 Å². The van der Waals surface area contributed by atoms with Crippen molar-refractivity contribution in [1.29, 1.82) is 0 Å². The third kappa shape index (κ3) is 3.92. The number of halogens is 4. The second-order valence-electron chi connectivity index (χ2n) is 7.50. The number of hydrogen-bond donors (Lipinski definition) is 1. The molecule has 0 unspecified atom stereocenters. The number of para-hydroxylation sites is 1. The van der Waals surface area contributed by atoms with Gasteiger partial charge in [-0.2, -0.15) is 10.1 Å². The van der Waals surface area contributed by atoms with E-state index in [1.165, 1.54) is 26.4 Å². The Morgan fingerprint density at radius 2 is 1.82 bits per heavy atom. The number of fused-ring (bicyclic) bond motifs is 1. The highest BCUT2D eigenvalue weighted by Gasteiger charge is 2.53. The molecule has 0 saturated carbocycles. The van der Waals surface area contributed by atoms with Crippen molar-refractivity contribution in [1.82, 2.24) is 9.99 Å². The van der Waals surface area contributed by atoms with Crippen LogP contribution in [-0.2, 0) is 0 Å². The molecule has 0 aliphatic carbocycles. The van der Waals surface area contributed by atoms with Gasteiger partial charge in [0.15, 0.2) is 0 Å². The van der Waals surface area contributed by atoms with Gasteiger partial charge in [0.2, 0.25) is 5.72 Å². The number of ether oxygens (including phenoxy) is 2. The first-order chi connectivity index (χ1) is 16.2. The molecule has 1 N–H and O–H groups in total. The van der Waals surface area contributed by atoms with Gasteiger partial charge < -0.3 is 14.6 Å². The highest BCUT2D eigenvalue weighted by atomic mass is 19.3. The summed E-state index contributed by atoms with van der Waals surface area (Å²) in [6.45, 7) is 0. The molecule has 7 nitrogen and oxygen atoms in total. The molecule has 1 aromatic heterocycles. The van der Waals surface area contributed by atoms with Crippen molar-refractivity contribution in [3.63, 3.8) is 0 Å². The number of amides is 1. The number of nitrogens with zero attached hydrogens (tertiary/aromatic N) is 3. The molecule has 0 saturated heterocycles. The predicted molar refractivity (Wildman–Crippen MR) is 115 cm³/mol. The minimum Gasteiger partial charge on any atom is -0.497 e. The van der Waals surface area contributed by atoms with E-state index in [4.69, 9.17) is 9.47 Å². The van der Waals surface area contributed by atoms with Crippen LogP contribution in [0.3, 0.4) is 0 Å². The standard InChI is InChI=1S/C23H19F4N3O4/c1-33-12-7-8-19(34-2)15(9-12)17-10-14(13-5-3-4-6-16(13)28-17)21(31)30-23(32,22(26)27)11-18(29-30)20(24)25/h3-10,20,22,32H,11H2,1-2H3/t23-/m0/s1. The lowest BCUT2D eigenvalue weighted by Crippen LogP contribution is -2.51. The zero-order valence-corrected chi connectivity index (χ0v) is 18.0. The monoisotopic (exact) mass is 477 g/mol. The van der Waals surface area contributed by atoms with Gasteiger partial charge in [0.1, 0.15) is 17.2 Å². The Balaban J connectivity index is 1.92. The molecule has 11 heteroatoms. The maximum Gasteiger partial charge on any atom is 0.287 e. The van der Waals surface area contributed by atoms with Gasteiger partial charge in [-0.05, 0) is 30.3 Å². The van der Waals surface area contributed by atoms with Crippen molar-refractivity contribution in [2.75, 3.05) is 14.2 Å². The van der Waals surface area contributed by atoms with Gasteiger partial charge in [0.25, 0.3) is 18.8 Å². The van der Waals surface area contributed by atoms with Crippen molar-refractivity contribution < 1.29 is 36.9 Å². The lowest BCUT2D eigenvalue weighted by molar-refractivity contribution is -0.164. The number of benzene rings is 2. The van der Waals surface area contributed by atoms with Gasteiger partial charge in [-0.3, -0.25) is 4.79 Å². The topological polar surface area (TPSA) is 84.2 Å². The number of aliphatic hydroxyl groups is 1. The molecular weight excluding hydrogens is 458 g/mol. The Hall–Kier alpha value is -3.73. The lowest BCUT2D eigenvalue weighted by Gasteiger charge is -2.30. The van der Waals surface area contributed by atoms with Gasteiger partial charge in [-0.15, -0.1) is 0 Å². The van der Waals surface area contributed by atoms with Crippen LogP contribution in [0.5, 0.6) is 11.5 Å². The van der Waals surface area contributed by atoms with Crippen LogP contribution in [0.1, 0.15) is 16.8 Å². The third-order valence-electron chi connectivity index (χ3n) is 5.46. The van der Waals surface area contributed by atoms with Crippen molar-refractivity contribution in [3.8, 4) is 22.8 Å². The number of carbonyl (C=O) groups excluding carboxylic acids is 1. The zero-order chi connectivity index (χ0) is 24.6. The van der Waals surface area contributed by atoms with E-state index >= 15 is 0 Å². The van der Waals surface area contributed by atoms with E-state index in [2.05, 4.69) is 10.1 Å². The summed E-state index contributed by atoms with van der Waals surface area (Å²) in [4.78, 5) is 17.9. The Morgan fingerprint density at radius 1 is 1.09 bits per heavy atom. The molecule has 1 aliphatic rings. The quantitative estimate of drug-likeness (QED) is 0.534. The minimum absolute atomic E-state index is 0.0352. The Bertz CT molecular complexity index is 1280. The molecule has 1 aliphatic heterocycles. The highest BCUT2D eigenvalue weighted by molar-refractivity contribution is 6.08. The molecule has 2 heterocycles. The summed E-state index contributed by atoms with van der Waals surface area (Å²) in [5.74, 6) is -0.318. The molecule has 3 aromatic rings. The largest absolute Gasteiger partial charge is 0.497 e. The van der Waals surface area contributed by atoms with E-state index in [-0.39, 0.29) is 21.7 Å². The summed E-state index contributed by atoms with van der Waals surface area (Å²) >= 11 is 0. The number of methoxy groups -OCH3 is 2. The molecule has 1 amide bonds.